The number of pyridine rings is 1. The number of carbonyl (C=O) groups excluding carboxylic acids is 1. The summed E-state index contributed by atoms with van der Waals surface area (Å²) in [5.41, 5.74) is 4.94. The zero-order chi connectivity index (χ0) is 14.7. The standard InChI is InChI=1S/C16H15N3O2/c20-16(18-21)13-10-15-14(17-11-13)7-9-19(15)8-6-12-4-2-1-3-5-12/h1-5,7,9-11,21H,6,8H2,(H,18,20). The highest BCUT2D eigenvalue weighted by Crippen LogP contribution is 2.16. The van der Waals surface area contributed by atoms with Crippen molar-refractivity contribution in [3.8, 4) is 0 Å². The molecule has 0 aliphatic heterocycles. The van der Waals surface area contributed by atoms with Crippen LogP contribution >= 0.6 is 0 Å². The van der Waals surface area contributed by atoms with Gasteiger partial charge in [0.25, 0.3) is 5.91 Å². The number of nitrogens with one attached hydrogen (secondary N) is 1. The summed E-state index contributed by atoms with van der Waals surface area (Å²) < 4.78 is 2.06. The number of rotatable bonds is 4. The largest absolute Gasteiger partial charge is 0.346 e. The van der Waals surface area contributed by atoms with Gasteiger partial charge in [0.15, 0.2) is 0 Å². The molecule has 1 aromatic carbocycles. The van der Waals surface area contributed by atoms with Crippen molar-refractivity contribution in [2.24, 2.45) is 0 Å². The van der Waals surface area contributed by atoms with Gasteiger partial charge in [0, 0.05) is 18.9 Å². The van der Waals surface area contributed by atoms with E-state index in [0.717, 1.165) is 24.0 Å². The number of fused-ring (bicyclic) bond motifs is 1. The van der Waals surface area contributed by atoms with Crippen molar-refractivity contribution in [1.82, 2.24) is 15.0 Å². The Balaban J connectivity index is 1.86. The molecule has 0 saturated heterocycles. The lowest BCUT2D eigenvalue weighted by Crippen LogP contribution is -2.18. The Kier molecular flexibility index (Phi) is 3.66. The Morgan fingerprint density at radius 2 is 2.05 bits per heavy atom. The second kappa shape index (κ2) is 5.76. The van der Waals surface area contributed by atoms with Crippen LogP contribution in [0.15, 0.2) is 54.9 Å². The van der Waals surface area contributed by atoms with E-state index in [9.17, 15) is 4.79 Å². The summed E-state index contributed by atoms with van der Waals surface area (Å²) >= 11 is 0. The molecule has 1 amide bonds. The van der Waals surface area contributed by atoms with E-state index in [1.54, 1.807) is 11.5 Å². The Bertz CT molecular complexity index is 766. The van der Waals surface area contributed by atoms with Crippen molar-refractivity contribution in [3.05, 3.63) is 66.0 Å². The molecule has 2 N–H and O–H groups in total. The Labute approximate surface area is 121 Å². The molecule has 0 aliphatic carbocycles. The van der Waals surface area contributed by atoms with Crippen LogP contribution in [0.25, 0.3) is 11.0 Å². The smallest absolute Gasteiger partial charge is 0.276 e. The molecule has 0 unspecified atom stereocenters. The molecule has 0 bridgehead atoms. The number of amides is 1. The van der Waals surface area contributed by atoms with Gasteiger partial charge in [0.05, 0.1) is 16.6 Å². The molecule has 0 spiro atoms. The summed E-state index contributed by atoms with van der Waals surface area (Å²) in [6, 6.07) is 13.9. The van der Waals surface area contributed by atoms with Gasteiger partial charge in [-0.15, -0.1) is 0 Å². The van der Waals surface area contributed by atoms with Crippen LogP contribution in [-0.2, 0) is 13.0 Å². The fourth-order valence-electron chi connectivity index (χ4n) is 2.34. The Morgan fingerprint density at radius 3 is 2.81 bits per heavy atom. The minimum Gasteiger partial charge on any atom is -0.346 e. The van der Waals surface area contributed by atoms with E-state index in [-0.39, 0.29) is 0 Å². The molecule has 3 rings (SSSR count). The summed E-state index contributed by atoms with van der Waals surface area (Å²) in [4.78, 5) is 15.7. The van der Waals surface area contributed by atoms with Gasteiger partial charge in [0.1, 0.15) is 0 Å². The van der Waals surface area contributed by atoms with Crippen LogP contribution in [0.2, 0.25) is 0 Å². The van der Waals surface area contributed by atoms with Gasteiger partial charge >= 0.3 is 0 Å². The molecule has 3 aromatic rings. The number of hydroxylamine groups is 1. The molecule has 0 aliphatic rings. The van der Waals surface area contributed by atoms with Crippen molar-refractivity contribution < 1.29 is 10.0 Å². The normalized spacial score (nSPS) is 10.7. The molecule has 0 fully saturated rings. The first-order valence-electron chi connectivity index (χ1n) is 6.71. The quantitative estimate of drug-likeness (QED) is 0.570. The van der Waals surface area contributed by atoms with Crippen LogP contribution < -0.4 is 5.48 Å². The number of benzene rings is 1. The van der Waals surface area contributed by atoms with E-state index in [0.29, 0.717) is 5.56 Å². The summed E-state index contributed by atoms with van der Waals surface area (Å²) in [7, 11) is 0. The zero-order valence-electron chi connectivity index (χ0n) is 11.4. The molecule has 0 radical (unpaired) electrons. The number of aromatic nitrogens is 2. The first kappa shape index (κ1) is 13.3. The van der Waals surface area contributed by atoms with E-state index < -0.39 is 5.91 Å². The van der Waals surface area contributed by atoms with Gasteiger partial charge in [-0.05, 0) is 24.1 Å². The molecular formula is C16H15N3O2. The second-order valence-corrected chi connectivity index (χ2v) is 4.81. The number of hydrogen-bond acceptors (Lipinski definition) is 3. The first-order valence-corrected chi connectivity index (χ1v) is 6.71. The third-order valence-electron chi connectivity index (χ3n) is 3.47. The molecule has 2 heterocycles. The number of carbonyl (C=O) groups is 1. The Hall–Kier alpha value is -2.66. The van der Waals surface area contributed by atoms with Gasteiger partial charge in [-0.1, -0.05) is 30.3 Å². The highest BCUT2D eigenvalue weighted by molar-refractivity contribution is 5.96. The van der Waals surface area contributed by atoms with Crippen LogP contribution in [0.3, 0.4) is 0 Å². The van der Waals surface area contributed by atoms with Crippen molar-refractivity contribution in [2.75, 3.05) is 0 Å². The summed E-state index contributed by atoms with van der Waals surface area (Å²) in [5.74, 6) is -0.555. The lowest BCUT2D eigenvalue weighted by molar-refractivity contribution is 0.0706. The predicted molar refractivity (Wildman–Crippen MR) is 79.1 cm³/mol. The molecule has 106 valence electrons. The van der Waals surface area contributed by atoms with Crippen LogP contribution in [0, 0.1) is 0 Å². The fourth-order valence-corrected chi connectivity index (χ4v) is 2.34. The van der Waals surface area contributed by atoms with Crippen LogP contribution in [0.1, 0.15) is 15.9 Å². The lowest BCUT2D eigenvalue weighted by Gasteiger charge is -2.06. The maximum Gasteiger partial charge on any atom is 0.276 e. The van der Waals surface area contributed by atoms with Crippen molar-refractivity contribution in [2.45, 2.75) is 13.0 Å². The van der Waals surface area contributed by atoms with E-state index in [2.05, 4.69) is 21.7 Å². The third-order valence-corrected chi connectivity index (χ3v) is 3.47. The topological polar surface area (TPSA) is 67.2 Å². The number of aryl methyl sites for hydroxylation is 2. The maximum atomic E-state index is 11.5. The monoisotopic (exact) mass is 281 g/mol. The van der Waals surface area contributed by atoms with E-state index >= 15 is 0 Å². The second-order valence-electron chi connectivity index (χ2n) is 4.81. The molecule has 0 atom stereocenters. The van der Waals surface area contributed by atoms with Crippen LogP contribution in [0.4, 0.5) is 0 Å². The fraction of sp³-hybridized carbons (Fsp3) is 0.125. The number of nitrogens with zero attached hydrogens (tertiary/aromatic N) is 2. The molecule has 0 saturated carbocycles. The summed E-state index contributed by atoms with van der Waals surface area (Å²) in [6.07, 6.45) is 4.32. The highest BCUT2D eigenvalue weighted by Gasteiger charge is 2.08. The van der Waals surface area contributed by atoms with Gasteiger partial charge in [-0.3, -0.25) is 15.0 Å². The van der Waals surface area contributed by atoms with Gasteiger partial charge in [0.2, 0.25) is 0 Å². The summed E-state index contributed by atoms with van der Waals surface area (Å²) in [5, 5.41) is 8.70. The van der Waals surface area contributed by atoms with Crippen molar-refractivity contribution in [1.29, 1.82) is 0 Å². The predicted octanol–water partition coefficient (Wildman–Crippen LogP) is 2.40. The zero-order valence-corrected chi connectivity index (χ0v) is 11.4. The van der Waals surface area contributed by atoms with Crippen LogP contribution in [0.5, 0.6) is 0 Å². The first-order chi connectivity index (χ1) is 10.3. The average Bonchev–Trinajstić information content (AvgIpc) is 2.95. The van der Waals surface area contributed by atoms with Crippen LogP contribution in [-0.4, -0.2) is 20.7 Å². The molecule has 2 aromatic heterocycles. The highest BCUT2D eigenvalue weighted by atomic mass is 16.5. The molecule has 5 nitrogen and oxygen atoms in total. The van der Waals surface area contributed by atoms with Gasteiger partial charge in [-0.25, -0.2) is 5.48 Å². The third kappa shape index (κ3) is 2.78. The SMILES string of the molecule is O=C(NO)c1cnc2ccn(CCc3ccccc3)c2c1. The number of hydrogen-bond donors (Lipinski definition) is 2. The minimum absolute atomic E-state index is 0.338. The molecule has 5 heteroatoms. The Morgan fingerprint density at radius 1 is 1.24 bits per heavy atom. The van der Waals surface area contributed by atoms with E-state index in [1.807, 2.05) is 30.5 Å². The van der Waals surface area contributed by atoms with Crippen molar-refractivity contribution >= 4 is 16.9 Å². The minimum atomic E-state index is -0.555. The van der Waals surface area contributed by atoms with E-state index in [4.69, 9.17) is 5.21 Å². The van der Waals surface area contributed by atoms with Crippen molar-refractivity contribution in [3.63, 3.8) is 0 Å². The van der Waals surface area contributed by atoms with Gasteiger partial charge < -0.3 is 4.57 Å². The average molecular weight is 281 g/mol. The van der Waals surface area contributed by atoms with Gasteiger partial charge in [-0.2, -0.15) is 0 Å². The lowest BCUT2D eigenvalue weighted by atomic mass is 10.1. The summed E-state index contributed by atoms with van der Waals surface area (Å²) in [6.45, 7) is 0.805. The van der Waals surface area contributed by atoms with E-state index in [1.165, 1.54) is 11.8 Å². The molecule has 21 heavy (non-hydrogen) atoms. The molecular weight excluding hydrogens is 266 g/mol. The maximum absolute atomic E-state index is 11.5.